The van der Waals surface area contributed by atoms with Gasteiger partial charge in [-0.15, -0.1) is 11.3 Å². The summed E-state index contributed by atoms with van der Waals surface area (Å²) in [4.78, 5) is 23.1. The molecule has 1 aliphatic rings. The van der Waals surface area contributed by atoms with Gasteiger partial charge in [-0.05, 0) is 57.0 Å². The Bertz CT molecular complexity index is 1240. The van der Waals surface area contributed by atoms with Gasteiger partial charge in [0.1, 0.15) is 5.82 Å². The van der Waals surface area contributed by atoms with Gasteiger partial charge in [0, 0.05) is 22.1 Å². The van der Waals surface area contributed by atoms with Crippen molar-refractivity contribution in [2.24, 2.45) is 0 Å². The summed E-state index contributed by atoms with van der Waals surface area (Å²) in [6.07, 6.45) is 2.14. The summed E-state index contributed by atoms with van der Waals surface area (Å²) in [6.45, 7) is 3.72. The second kappa shape index (κ2) is 6.73. The maximum Gasteiger partial charge on any atom is 0.259 e. The lowest BCUT2D eigenvalue weighted by atomic mass is 10.1. The highest BCUT2D eigenvalue weighted by Gasteiger charge is 2.29. The molecule has 4 aromatic rings. The first-order chi connectivity index (χ1) is 14.0. The summed E-state index contributed by atoms with van der Waals surface area (Å²) in [6, 6.07) is 7.98. The maximum absolute atomic E-state index is 13.2. The van der Waals surface area contributed by atoms with E-state index in [1.54, 1.807) is 19.1 Å². The third-order valence-corrected chi connectivity index (χ3v) is 5.90. The van der Waals surface area contributed by atoms with Crippen molar-refractivity contribution >= 4 is 33.5 Å². The fourth-order valence-electron chi connectivity index (χ4n) is 3.37. The summed E-state index contributed by atoms with van der Waals surface area (Å²) in [5, 5.41) is 7.97. The van der Waals surface area contributed by atoms with E-state index >= 15 is 0 Å². The number of benzene rings is 1. The van der Waals surface area contributed by atoms with E-state index in [-0.39, 0.29) is 11.7 Å². The zero-order chi connectivity index (χ0) is 20.1. The largest absolute Gasteiger partial charge is 0.336 e. The predicted molar refractivity (Wildman–Crippen MR) is 109 cm³/mol. The van der Waals surface area contributed by atoms with Gasteiger partial charge in [-0.25, -0.2) is 14.4 Å². The number of nitrogens with one attached hydrogen (secondary N) is 1. The Hall–Kier alpha value is -3.13. The molecule has 3 aromatic heterocycles. The topological polar surface area (TPSA) is 80.9 Å². The minimum atomic E-state index is -0.299. The molecule has 1 fully saturated rings. The van der Waals surface area contributed by atoms with Gasteiger partial charge in [-0.1, -0.05) is 5.16 Å². The Labute approximate surface area is 169 Å². The van der Waals surface area contributed by atoms with E-state index in [1.807, 2.05) is 13.0 Å². The number of aromatic nitrogens is 3. The van der Waals surface area contributed by atoms with Crippen LogP contribution >= 0.6 is 11.3 Å². The zero-order valence-electron chi connectivity index (χ0n) is 15.8. The molecule has 5 rings (SSSR count). The Balaban J connectivity index is 1.49. The van der Waals surface area contributed by atoms with Crippen LogP contribution in [0, 0.1) is 19.7 Å². The Morgan fingerprint density at radius 3 is 2.69 bits per heavy atom. The van der Waals surface area contributed by atoms with Crippen molar-refractivity contribution in [3.63, 3.8) is 0 Å². The molecule has 1 aliphatic carbocycles. The van der Waals surface area contributed by atoms with Gasteiger partial charge < -0.3 is 4.52 Å². The van der Waals surface area contributed by atoms with Crippen LogP contribution in [0.25, 0.3) is 22.4 Å². The third-order valence-electron chi connectivity index (χ3n) is 5.01. The first-order valence-electron chi connectivity index (χ1n) is 9.31. The van der Waals surface area contributed by atoms with Crippen molar-refractivity contribution in [3.05, 3.63) is 58.0 Å². The molecule has 3 heterocycles. The van der Waals surface area contributed by atoms with Crippen molar-refractivity contribution < 1.29 is 13.7 Å². The fraction of sp³-hybridized carbons (Fsp3) is 0.238. The molecule has 0 radical (unpaired) electrons. The molecule has 0 aliphatic heterocycles. The van der Waals surface area contributed by atoms with Gasteiger partial charge in [0.15, 0.2) is 5.13 Å². The van der Waals surface area contributed by atoms with Gasteiger partial charge in [0.05, 0.1) is 22.3 Å². The molecule has 0 atom stereocenters. The number of carbonyl (C=O) groups is 1. The summed E-state index contributed by atoms with van der Waals surface area (Å²) in [5.41, 5.74) is 3.90. The number of amides is 1. The van der Waals surface area contributed by atoms with Gasteiger partial charge in [-0.2, -0.15) is 0 Å². The SMILES string of the molecule is Cc1sc(NC(=O)c2cc(C3CC3)nc3onc(C)c23)nc1-c1ccc(F)cc1. The van der Waals surface area contributed by atoms with Gasteiger partial charge in [-0.3, -0.25) is 10.1 Å². The summed E-state index contributed by atoms with van der Waals surface area (Å²) in [7, 11) is 0. The minimum absolute atomic E-state index is 0.273. The molecule has 146 valence electrons. The number of anilines is 1. The minimum Gasteiger partial charge on any atom is -0.336 e. The number of carbonyl (C=O) groups excluding carboxylic acids is 1. The number of nitrogens with zero attached hydrogens (tertiary/aromatic N) is 3. The lowest BCUT2D eigenvalue weighted by Crippen LogP contribution is -2.13. The molecule has 0 unspecified atom stereocenters. The first kappa shape index (κ1) is 17.9. The van der Waals surface area contributed by atoms with E-state index in [4.69, 9.17) is 4.52 Å². The Morgan fingerprint density at radius 1 is 1.21 bits per heavy atom. The van der Waals surface area contributed by atoms with Crippen LogP contribution in [0.2, 0.25) is 0 Å². The number of hydrogen-bond acceptors (Lipinski definition) is 6. The van der Waals surface area contributed by atoms with Crippen molar-refractivity contribution in [3.8, 4) is 11.3 Å². The molecule has 0 bridgehead atoms. The maximum atomic E-state index is 13.2. The van der Waals surface area contributed by atoms with E-state index < -0.39 is 0 Å². The quantitative estimate of drug-likeness (QED) is 0.500. The molecule has 6 nitrogen and oxygen atoms in total. The highest BCUT2D eigenvalue weighted by Crippen LogP contribution is 2.40. The number of halogens is 1. The van der Waals surface area contributed by atoms with Crippen LogP contribution in [0.4, 0.5) is 9.52 Å². The van der Waals surface area contributed by atoms with Crippen molar-refractivity contribution in [1.29, 1.82) is 0 Å². The van der Waals surface area contributed by atoms with E-state index in [9.17, 15) is 9.18 Å². The highest BCUT2D eigenvalue weighted by atomic mass is 32.1. The number of fused-ring (bicyclic) bond motifs is 1. The lowest BCUT2D eigenvalue weighted by molar-refractivity contribution is 0.102. The average molecular weight is 408 g/mol. The van der Waals surface area contributed by atoms with Crippen LogP contribution in [0.1, 0.15) is 45.4 Å². The predicted octanol–water partition coefficient (Wildman–Crippen LogP) is 5.23. The molecular weight excluding hydrogens is 391 g/mol. The molecule has 1 aromatic carbocycles. The summed E-state index contributed by atoms with van der Waals surface area (Å²) >= 11 is 1.38. The van der Waals surface area contributed by atoms with Crippen LogP contribution in [0.5, 0.6) is 0 Å². The van der Waals surface area contributed by atoms with Crippen LogP contribution in [-0.2, 0) is 0 Å². The molecule has 0 spiro atoms. The number of hydrogen-bond donors (Lipinski definition) is 1. The van der Waals surface area contributed by atoms with E-state index in [1.165, 1.54) is 23.5 Å². The summed E-state index contributed by atoms with van der Waals surface area (Å²) < 4.78 is 18.5. The Kier molecular flexibility index (Phi) is 4.16. The molecule has 0 saturated heterocycles. The van der Waals surface area contributed by atoms with Crippen molar-refractivity contribution in [2.75, 3.05) is 5.32 Å². The highest BCUT2D eigenvalue weighted by molar-refractivity contribution is 7.16. The van der Waals surface area contributed by atoms with E-state index in [2.05, 4.69) is 20.4 Å². The smallest absolute Gasteiger partial charge is 0.259 e. The zero-order valence-corrected chi connectivity index (χ0v) is 16.6. The third kappa shape index (κ3) is 3.29. The summed E-state index contributed by atoms with van der Waals surface area (Å²) in [5.74, 6) is -0.194. The van der Waals surface area contributed by atoms with Gasteiger partial charge >= 0.3 is 0 Å². The van der Waals surface area contributed by atoms with Gasteiger partial charge in [0.25, 0.3) is 11.6 Å². The fourth-order valence-corrected chi connectivity index (χ4v) is 4.20. The Morgan fingerprint density at radius 2 is 1.97 bits per heavy atom. The second-order valence-electron chi connectivity index (χ2n) is 7.20. The van der Waals surface area contributed by atoms with E-state index in [0.717, 1.165) is 34.7 Å². The molecule has 1 amide bonds. The van der Waals surface area contributed by atoms with Crippen LogP contribution in [-0.4, -0.2) is 21.0 Å². The van der Waals surface area contributed by atoms with Crippen LogP contribution in [0.15, 0.2) is 34.9 Å². The van der Waals surface area contributed by atoms with Crippen LogP contribution < -0.4 is 5.32 Å². The number of aryl methyl sites for hydroxylation is 2. The molecule has 8 heteroatoms. The average Bonchev–Trinajstić information content (AvgIpc) is 3.41. The first-order valence-corrected chi connectivity index (χ1v) is 10.1. The number of rotatable bonds is 4. The molecule has 1 saturated carbocycles. The standard InChI is InChI=1S/C21H17FN4O2S/c1-10-17-15(9-16(12-3-4-12)23-20(17)28-26-10)19(27)25-21-24-18(11(2)29-21)13-5-7-14(22)8-6-13/h5-9,12H,3-4H2,1-2H3,(H,24,25,27). The van der Waals surface area contributed by atoms with Crippen LogP contribution in [0.3, 0.4) is 0 Å². The normalized spacial score (nSPS) is 13.8. The molecular formula is C21H17FN4O2S. The van der Waals surface area contributed by atoms with Gasteiger partial charge in [0.2, 0.25) is 0 Å². The molecule has 1 N–H and O–H groups in total. The van der Waals surface area contributed by atoms with Crippen molar-refractivity contribution in [2.45, 2.75) is 32.6 Å². The van der Waals surface area contributed by atoms with E-state index in [0.29, 0.717) is 33.4 Å². The molecule has 29 heavy (non-hydrogen) atoms. The second-order valence-corrected chi connectivity index (χ2v) is 8.41. The monoisotopic (exact) mass is 408 g/mol. The van der Waals surface area contributed by atoms with Crippen molar-refractivity contribution in [1.82, 2.24) is 15.1 Å². The number of pyridine rings is 1. The lowest BCUT2D eigenvalue weighted by Gasteiger charge is -2.06. The number of thiazole rings is 1.